The maximum Gasteiger partial charge on any atom is 0.338 e. The van der Waals surface area contributed by atoms with Gasteiger partial charge in [0.25, 0.3) is 5.56 Å². The van der Waals surface area contributed by atoms with Gasteiger partial charge in [0.1, 0.15) is 17.2 Å². The van der Waals surface area contributed by atoms with E-state index < -0.39 is 12.0 Å². The standard InChI is InChI=1S/C28H30N2O6S/c1-7-35-27(32)24-17(4)29-28-30(25(24)18-8-10-20(11-9-18)36-16(2)3)26(31)23(37-28)15-19-14-21(33-5)12-13-22(19)34-6/h8-16,25H,7H2,1-6H3/b23-15+. The summed E-state index contributed by atoms with van der Waals surface area (Å²) in [6, 6.07) is 12.1. The minimum atomic E-state index is -0.697. The van der Waals surface area contributed by atoms with Crippen LogP contribution in [0.1, 0.15) is 44.9 Å². The van der Waals surface area contributed by atoms with Gasteiger partial charge >= 0.3 is 5.97 Å². The highest BCUT2D eigenvalue weighted by atomic mass is 32.1. The van der Waals surface area contributed by atoms with Crippen LogP contribution in [0.15, 0.2) is 63.5 Å². The SMILES string of the molecule is CCOC(=O)C1=C(C)N=c2s/c(=C/c3cc(OC)ccc3OC)c(=O)n2C1c1ccc(OC(C)C)cc1. The molecule has 37 heavy (non-hydrogen) atoms. The van der Waals surface area contributed by atoms with Crippen molar-refractivity contribution >= 4 is 23.4 Å². The minimum absolute atomic E-state index is 0.0226. The number of aromatic nitrogens is 1. The number of allylic oxidation sites excluding steroid dienone is 1. The highest BCUT2D eigenvalue weighted by Crippen LogP contribution is 2.32. The number of fused-ring (bicyclic) bond motifs is 1. The fraction of sp³-hybridized carbons (Fsp3) is 0.321. The number of methoxy groups -OCH3 is 2. The quantitative estimate of drug-likeness (QED) is 0.420. The van der Waals surface area contributed by atoms with E-state index in [1.54, 1.807) is 56.9 Å². The van der Waals surface area contributed by atoms with Crippen molar-refractivity contribution in [3.63, 3.8) is 0 Å². The van der Waals surface area contributed by atoms with Crippen LogP contribution in [0.4, 0.5) is 0 Å². The molecule has 2 heterocycles. The zero-order valence-electron chi connectivity index (χ0n) is 21.7. The number of thiazole rings is 1. The van der Waals surface area contributed by atoms with E-state index in [-0.39, 0.29) is 18.3 Å². The van der Waals surface area contributed by atoms with E-state index in [1.165, 1.54) is 11.3 Å². The summed E-state index contributed by atoms with van der Waals surface area (Å²) in [5.41, 5.74) is 2.02. The Labute approximate surface area is 219 Å². The van der Waals surface area contributed by atoms with Crippen LogP contribution in [0, 0.1) is 0 Å². The molecule has 1 aliphatic rings. The fourth-order valence-electron chi connectivity index (χ4n) is 4.20. The summed E-state index contributed by atoms with van der Waals surface area (Å²) in [5, 5.41) is 0. The molecule has 0 N–H and O–H groups in total. The van der Waals surface area contributed by atoms with Crippen LogP contribution in [0.25, 0.3) is 6.08 Å². The Hall–Kier alpha value is -3.85. The lowest BCUT2D eigenvalue weighted by Gasteiger charge is -2.25. The molecule has 1 aromatic heterocycles. The topological polar surface area (TPSA) is 88.4 Å². The van der Waals surface area contributed by atoms with Crippen LogP contribution >= 0.6 is 11.3 Å². The third kappa shape index (κ3) is 5.32. The van der Waals surface area contributed by atoms with Crippen LogP contribution < -0.4 is 29.1 Å². The number of ether oxygens (including phenoxy) is 4. The lowest BCUT2D eigenvalue weighted by molar-refractivity contribution is -0.139. The Bertz CT molecular complexity index is 1520. The van der Waals surface area contributed by atoms with Gasteiger partial charge in [-0.1, -0.05) is 23.5 Å². The Kier molecular flexibility index (Phi) is 7.83. The largest absolute Gasteiger partial charge is 0.497 e. The molecule has 4 rings (SSSR count). The number of esters is 1. The molecule has 0 fully saturated rings. The molecule has 0 bridgehead atoms. The molecule has 1 unspecified atom stereocenters. The Morgan fingerprint density at radius 2 is 1.81 bits per heavy atom. The number of benzene rings is 2. The second-order valence-electron chi connectivity index (χ2n) is 8.65. The first kappa shape index (κ1) is 26.2. The number of carbonyl (C=O) groups is 1. The average molecular weight is 523 g/mol. The van der Waals surface area contributed by atoms with Crippen molar-refractivity contribution in [3.8, 4) is 17.2 Å². The average Bonchev–Trinajstić information content (AvgIpc) is 3.17. The lowest BCUT2D eigenvalue weighted by atomic mass is 9.96. The molecule has 0 amide bonds. The van der Waals surface area contributed by atoms with Crippen LogP contribution in [0.2, 0.25) is 0 Å². The van der Waals surface area contributed by atoms with Crippen LogP contribution in [0.3, 0.4) is 0 Å². The molecule has 0 saturated heterocycles. The second kappa shape index (κ2) is 11.0. The van der Waals surface area contributed by atoms with Gasteiger partial charge in [0, 0.05) is 5.56 Å². The summed E-state index contributed by atoms with van der Waals surface area (Å²) in [6.07, 6.45) is 1.78. The second-order valence-corrected chi connectivity index (χ2v) is 9.65. The Balaban J connectivity index is 1.92. The van der Waals surface area contributed by atoms with Gasteiger partial charge in [-0.2, -0.15) is 0 Å². The molecular formula is C28H30N2O6S. The summed E-state index contributed by atoms with van der Waals surface area (Å²) in [4.78, 5) is 32.0. The van der Waals surface area contributed by atoms with Gasteiger partial charge < -0.3 is 18.9 Å². The van der Waals surface area contributed by atoms with Crippen molar-refractivity contribution in [2.45, 2.75) is 39.8 Å². The molecule has 8 nitrogen and oxygen atoms in total. The minimum Gasteiger partial charge on any atom is -0.497 e. The van der Waals surface area contributed by atoms with Gasteiger partial charge in [0.2, 0.25) is 0 Å². The summed E-state index contributed by atoms with van der Waals surface area (Å²) in [6.45, 7) is 7.63. The molecular weight excluding hydrogens is 492 g/mol. The van der Waals surface area contributed by atoms with E-state index in [4.69, 9.17) is 18.9 Å². The van der Waals surface area contributed by atoms with Crippen molar-refractivity contribution in [1.82, 2.24) is 4.57 Å². The summed E-state index contributed by atoms with van der Waals surface area (Å²) >= 11 is 1.25. The monoisotopic (exact) mass is 522 g/mol. The van der Waals surface area contributed by atoms with Gasteiger partial charge in [-0.15, -0.1) is 0 Å². The normalized spacial score (nSPS) is 15.3. The van der Waals surface area contributed by atoms with E-state index in [9.17, 15) is 9.59 Å². The highest BCUT2D eigenvalue weighted by Gasteiger charge is 2.33. The van der Waals surface area contributed by atoms with Crippen molar-refractivity contribution in [1.29, 1.82) is 0 Å². The first-order chi connectivity index (χ1) is 17.8. The predicted octanol–water partition coefficient (Wildman–Crippen LogP) is 3.60. The summed E-state index contributed by atoms with van der Waals surface area (Å²) in [7, 11) is 3.15. The molecule has 1 atom stereocenters. The number of rotatable bonds is 8. The smallest absolute Gasteiger partial charge is 0.338 e. The molecule has 0 aliphatic carbocycles. The van der Waals surface area contributed by atoms with E-state index in [2.05, 4.69) is 4.99 Å². The molecule has 194 valence electrons. The maximum atomic E-state index is 13.8. The van der Waals surface area contributed by atoms with Crippen LogP contribution in [-0.4, -0.2) is 37.5 Å². The molecule has 1 aliphatic heterocycles. The van der Waals surface area contributed by atoms with Crippen LogP contribution in [0.5, 0.6) is 17.2 Å². The first-order valence-electron chi connectivity index (χ1n) is 12.0. The van der Waals surface area contributed by atoms with E-state index in [0.29, 0.717) is 43.4 Å². The fourth-order valence-corrected chi connectivity index (χ4v) is 5.24. The van der Waals surface area contributed by atoms with Gasteiger partial charge in [0.05, 0.1) is 48.8 Å². The van der Waals surface area contributed by atoms with E-state index >= 15 is 0 Å². The Morgan fingerprint density at radius 1 is 1.11 bits per heavy atom. The van der Waals surface area contributed by atoms with Crippen molar-refractivity contribution in [2.24, 2.45) is 4.99 Å². The molecule has 3 aromatic rings. The van der Waals surface area contributed by atoms with Crippen molar-refractivity contribution in [2.75, 3.05) is 20.8 Å². The number of carbonyl (C=O) groups excluding carboxylic acids is 1. The molecule has 0 saturated carbocycles. The van der Waals surface area contributed by atoms with Gasteiger partial charge in [0.15, 0.2) is 4.80 Å². The van der Waals surface area contributed by atoms with Gasteiger partial charge in [-0.3, -0.25) is 9.36 Å². The first-order valence-corrected chi connectivity index (χ1v) is 12.8. The van der Waals surface area contributed by atoms with Gasteiger partial charge in [-0.05, 0) is 69.7 Å². The zero-order chi connectivity index (χ0) is 26.7. The molecule has 9 heteroatoms. The maximum absolute atomic E-state index is 13.8. The van der Waals surface area contributed by atoms with Gasteiger partial charge in [-0.25, -0.2) is 9.79 Å². The molecule has 0 spiro atoms. The van der Waals surface area contributed by atoms with E-state index in [0.717, 1.165) is 5.56 Å². The van der Waals surface area contributed by atoms with Crippen molar-refractivity contribution in [3.05, 3.63) is 84.5 Å². The van der Waals surface area contributed by atoms with Crippen LogP contribution in [-0.2, 0) is 9.53 Å². The van der Waals surface area contributed by atoms with E-state index in [1.807, 2.05) is 38.1 Å². The van der Waals surface area contributed by atoms with Crippen molar-refractivity contribution < 1.29 is 23.7 Å². The molecule has 2 aromatic carbocycles. The number of hydrogen-bond acceptors (Lipinski definition) is 8. The third-order valence-electron chi connectivity index (χ3n) is 5.81. The molecule has 0 radical (unpaired) electrons. The number of nitrogens with zero attached hydrogens (tertiary/aromatic N) is 2. The third-order valence-corrected chi connectivity index (χ3v) is 6.79. The Morgan fingerprint density at radius 3 is 2.43 bits per heavy atom. The highest BCUT2D eigenvalue weighted by molar-refractivity contribution is 7.07. The summed E-state index contributed by atoms with van der Waals surface area (Å²) < 4.78 is 24.0. The number of hydrogen-bond donors (Lipinski definition) is 0. The predicted molar refractivity (Wildman–Crippen MR) is 142 cm³/mol. The zero-order valence-corrected chi connectivity index (χ0v) is 22.5. The lowest BCUT2D eigenvalue weighted by Crippen LogP contribution is -2.39. The summed E-state index contributed by atoms with van der Waals surface area (Å²) in [5.74, 6) is 1.45.